The van der Waals surface area contributed by atoms with Crippen LogP contribution >= 0.6 is 0 Å². The Morgan fingerprint density at radius 3 is 2.73 bits per heavy atom. The van der Waals surface area contributed by atoms with Crippen molar-refractivity contribution in [2.45, 2.75) is 51.2 Å². The molecule has 2 aromatic rings. The third kappa shape index (κ3) is 3.58. The van der Waals surface area contributed by atoms with Crippen LogP contribution < -0.4 is 10.5 Å². The molecule has 10 heteroatoms. The first-order valence-corrected chi connectivity index (χ1v) is 8.67. The van der Waals surface area contributed by atoms with Crippen molar-refractivity contribution in [2.75, 3.05) is 18.9 Å². The maximum Gasteiger partial charge on any atom is 0.320 e. The molecule has 0 aromatic carbocycles. The first-order chi connectivity index (χ1) is 12.4. The molecule has 2 aromatic heterocycles. The van der Waals surface area contributed by atoms with Gasteiger partial charge in [0.05, 0.1) is 19.5 Å². The molecular formula is C16H25N5O5. The number of fused-ring (bicyclic) bond motifs is 1. The minimum atomic E-state index is -1.24. The number of ether oxygens (including phenoxy) is 2. The lowest BCUT2D eigenvalue weighted by Gasteiger charge is -2.16. The fourth-order valence-corrected chi connectivity index (χ4v) is 2.93. The standard InChI is InChI=1S/C16H25N5O5/c1-8(2)4-3-5-25-16-19-13(17)10-14(20-16)21(7-18-10)15-12(24)11(23)9(6-22)26-15/h7-9,11-12,15,22-24H,3-6H2,1-2H3,(H2,17,19,20)/t9-,11-,12-,15?/m0/s1. The summed E-state index contributed by atoms with van der Waals surface area (Å²) in [6.07, 6.45) is -0.998. The number of aliphatic hydroxyl groups excluding tert-OH is 3. The van der Waals surface area contributed by atoms with Gasteiger partial charge in [0.1, 0.15) is 18.3 Å². The van der Waals surface area contributed by atoms with Crippen molar-refractivity contribution in [3.05, 3.63) is 6.33 Å². The van der Waals surface area contributed by atoms with Gasteiger partial charge >= 0.3 is 6.01 Å². The monoisotopic (exact) mass is 367 g/mol. The number of imidazole rings is 1. The Bertz CT molecular complexity index is 752. The van der Waals surface area contributed by atoms with Crippen LogP contribution in [-0.4, -0.2) is 66.4 Å². The van der Waals surface area contributed by atoms with E-state index in [1.165, 1.54) is 10.9 Å². The molecule has 1 fully saturated rings. The molecule has 1 aliphatic heterocycles. The van der Waals surface area contributed by atoms with Crippen LogP contribution in [0.4, 0.5) is 5.82 Å². The van der Waals surface area contributed by atoms with Crippen LogP contribution in [0.2, 0.25) is 0 Å². The Balaban J connectivity index is 1.83. The van der Waals surface area contributed by atoms with E-state index in [-0.39, 0.29) is 11.8 Å². The quantitative estimate of drug-likeness (QED) is 0.489. The van der Waals surface area contributed by atoms with Crippen LogP contribution in [0.5, 0.6) is 6.01 Å². The Kier molecular flexibility index (Phi) is 5.56. The molecule has 0 radical (unpaired) electrons. The van der Waals surface area contributed by atoms with Crippen LogP contribution in [0.15, 0.2) is 6.33 Å². The van der Waals surface area contributed by atoms with Gasteiger partial charge in [0, 0.05) is 0 Å². The average Bonchev–Trinajstić information content (AvgIpc) is 3.14. The minimum Gasteiger partial charge on any atom is -0.463 e. The summed E-state index contributed by atoms with van der Waals surface area (Å²) in [5.74, 6) is 0.736. The van der Waals surface area contributed by atoms with Crippen molar-refractivity contribution in [1.82, 2.24) is 19.5 Å². The van der Waals surface area contributed by atoms with Crippen LogP contribution in [-0.2, 0) is 4.74 Å². The predicted molar refractivity (Wildman–Crippen MR) is 92.3 cm³/mol. The van der Waals surface area contributed by atoms with Gasteiger partial charge < -0.3 is 30.5 Å². The summed E-state index contributed by atoms with van der Waals surface area (Å²) in [6, 6.07) is 0.118. The Labute approximate surface area is 150 Å². The average molecular weight is 367 g/mol. The van der Waals surface area contributed by atoms with Gasteiger partial charge in [0.25, 0.3) is 0 Å². The lowest BCUT2D eigenvalue weighted by atomic mass is 10.1. The number of hydrogen-bond donors (Lipinski definition) is 4. The first-order valence-electron chi connectivity index (χ1n) is 8.67. The molecule has 1 unspecified atom stereocenters. The molecule has 4 atom stereocenters. The van der Waals surface area contributed by atoms with Crippen molar-refractivity contribution < 1.29 is 24.8 Å². The van der Waals surface area contributed by atoms with Crippen molar-refractivity contribution in [2.24, 2.45) is 5.92 Å². The zero-order valence-corrected chi connectivity index (χ0v) is 14.8. The number of hydrogen-bond acceptors (Lipinski definition) is 9. The smallest absolute Gasteiger partial charge is 0.320 e. The van der Waals surface area contributed by atoms with Crippen LogP contribution in [0, 0.1) is 5.92 Å². The summed E-state index contributed by atoms with van der Waals surface area (Å²) in [7, 11) is 0. The van der Waals surface area contributed by atoms with E-state index < -0.39 is 31.1 Å². The number of nitrogens with two attached hydrogens (primary N) is 1. The van der Waals surface area contributed by atoms with Gasteiger partial charge in [0.2, 0.25) is 0 Å². The topological polar surface area (TPSA) is 149 Å². The van der Waals surface area contributed by atoms with E-state index in [0.29, 0.717) is 23.7 Å². The molecule has 0 bridgehead atoms. The molecule has 0 amide bonds. The second-order valence-corrected chi connectivity index (χ2v) is 6.83. The second kappa shape index (κ2) is 7.70. The van der Waals surface area contributed by atoms with Crippen molar-refractivity contribution >= 4 is 17.0 Å². The first kappa shape index (κ1) is 18.8. The van der Waals surface area contributed by atoms with E-state index in [4.69, 9.17) is 15.2 Å². The van der Waals surface area contributed by atoms with Crippen LogP contribution in [0.25, 0.3) is 11.2 Å². The Hall–Kier alpha value is -2.01. The van der Waals surface area contributed by atoms with E-state index in [9.17, 15) is 15.3 Å². The molecule has 5 N–H and O–H groups in total. The Morgan fingerprint density at radius 2 is 2.08 bits per heavy atom. The molecule has 1 aliphatic rings. The van der Waals surface area contributed by atoms with Gasteiger partial charge in [-0.25, -0.2) is 4.98 Å². The SMILES string of the molecule is CC(C)CCCOc1nc(N)c2ncn(C3O[C@@H](CO)[C@H](O)[C@@H]3O)c2n1. The normalized spacial score (nSPS) is 26.1. The highest BCUT2D eigenvalue weighted by molar-refractivity contribution is 5.82. The molecule has 144 valence electrons. The van der Waals surface area contributed by atoms with Gasteiger partial charge in [0.15, 0.2) is 23.2 Å². The molecule has 3 heterocycles. The van der Waals surface area contributed by atoms with Crippen molar-refractivity contribution in [3.63, 3.8) is 0 Å². The van der Waals surface area contributed by atoms with E-state index in [2.05, 4.69) is 28.8 Å². The van der Waals surface area contributed by atoms with E-state index in [0.717, 1.165) is 12.8 Å². The Morgan fingerprint density at radius 1 is 1.31 bits per heavy atom. The molecule has 1 saturated heterocycles. The lowest BCUT2D eigenvalue weighted by molar-refractivity contribution is -0.0511. The lowest BCUT2D eigenvalue weighted by Crippen LogP contribution is -2.33. The fraction of sp³-hybridized carbons (Fsp3) is 0.688. The van der Waals surface area contributed by atoms with Crippen molar-refractivity contribution in [1.29, 1.82) is 0 Å². The zero-order chi connectivity index (χ0) is 18.8. The van der Waals surface area contributed by atoms with Crippen LogP contribution in [0.3, 0.4) is 0 Å². The number of nitrogen functional groups attached to an aromatic ring is 1. The number of aromatic nitrogens is 4. The summed E-state index contributed by atoms with van der Waals surface area (Å²) >= 11 is 0. The molecule has 26 heavy (non-hydrogen) atoms. The summed E-state index contributed by atoms with van der Waals surface area (Å²) in [5.41, 5.74) is 6.61. The maximum absolute atomic E-state index is 10.2. The predicted octanol–water partition coefficient (Wildman–Crippen LogP) is -0.165. The highest BCUT2D eigenvalue weighted by Gasteiger charge is 2.44. The highest BCUT2D eigenvalue weighted by atomic mass is 16.6. The largest absolute Gasteiger partial charge is 0.463 e. The summed E-state index contributed by atoms with van der Waals surface area (Å²) in [4.78, 5) is 12.6. The maximum atomic E-state index is 10.2. The zero-order valence-electron chi connectivity index (χ0n) is 14.8. The summed E-state index contributed by atoms with van der Waals surface area (Å²) in [6.45, 7) is 4.33. The van der Waals surface area contributed by atoms with E-state index in [1.807, 2.05) is 0 Å². The van der Waals surface area contributed by atoms with Crippen LogP contribution in [0.1, 0.15) is 32.9 Å². The van der Waals surface area contributed by atoms with Gasteiger partial charge in [-0.15, -0.1) is 0 Å². The number of anilines is 1. The summed E-state index contributed by atoms with van der Waals surface area (Å²) in [5, 5.41) is 29.4. The van der Waals surface area contributed by atoms with E-state index in [1.54, 1.807) is 0 Å². The molecule has 10 nitrogen and oxygen atoms in total. The molecule has 0 saturated carbocycles. The fourth-order valence-electron chi connectivity index (χ4n) is 2.93. The van der Waals surface area contributed by atoms with Gasteiger partial charge in [-0.2, -0.15) is 9.97 Å². The number of nitrogens with zero attached hydrogens (tertiary/aromatic N) is 4. The summed E-state index contributed by atoms with van der Waals surface area (Å²) < 4.78 is 12.6. The van der Waals surface area contributed by atoms with E-state index >= 15 is 0 Å². The molecule has 0 spiro atoms. The third-order valence-electron chi connectivity index (χ3n) is 4.38. The molecule has 0 aliphatic carbocycles. The molecule has 3 rings (SSSR count). The number of rotatable bonds is 7. The van der Waals surface area contributed by atoms with Gasteiger partial charge in [-0.3, -0.25) is 4.57 Å². The van der Waals surface area contributed by atoms with Gasteiger partial charge in [-0.1, -0.05) is 13.8 Å². The van der Waals surface area contributed by atoms with Gasteiger partial charge in [-0.05, 0) is 18.8 Å². The third-order valence-corrected chi connectivity index (χ3v) is 4.38. The van der Waals surface area contributed by atoms with Crippen molar-refractivity contribution in [3.8, 4) is 6.01 Å². The molecular weight excluding hydrogens is 342 g/mol. The second-order valence-electron chi connectivity index (χ2n) is 6.83. The highest BCUT2D eigenvalue weighted by Crippen LogP contribution is 2.32. The minimum absolute atomic E-state index is 0.118. The number of aliphatic hydroxyl groups is 3.